The highest BCUT2D eigenvalue weighted by Crippen LogP contribution is 1.95. The van der Waals surface area contributed by atoms with Gasteiger partial charge in [-0.1, -0.05) is 13.8 Å². The molecule has 0 amide bonds. The van der Waals surface area contributed by atoms with Crippen molar-refractivity contribution in [2.75, 3.05) is 26.7 Å². The third kappa shape index (κ3) is 7.30. The number of nitrogens with zero attached hydrogens (tertiary/aromatic N) is 1. The van der Waals surface area contributed by atoms with E-state index in [4.69, 9.17) is 0 Å². The molecule has 14 heavy (non-hydrogen) atoms. The van der Waals surface area contributed by atoms with Crippen molar-refractivity contribution in [3.63, 3.8) is 0 Å². The zero-order valence-corrected chi connectivity index (χ0v) is 10.2. The Morgan fingerprint density at radius 2 is 1.71 bits per heavy atom. The summed E-state index contributed by atoms with van der Waals surface area (Å²) >= 11 is 0. The van der Waals surface area contributed by atoms with Gasteiger partial charge in [0.15, 0.2) is 0 Å². The minimum Gasteiger partial charge on any atom is -0.390 e. The van der Waals surface area contributed by atoms with Gasteiger partial charge in [0, 0.05) is 19.1 Å². The van der Waals surface area contributed by atoms with Crippen molar-refractivity contribution >= 4 is 0 Å². The van der Waals surface area contributed by atoms with Gasteiger partial charge in [0.2, 0.25) is 0 Å². The fraction of sp³-hybridized carbons (Fsp3) is 1.00. The number of hydrogen-bond acceptors (Lipinski definition) is 3. The summed E-state index contributed by atoms with van der Waals surface area (Å²) in [4.78, 5) is 2.15. The molecular weight excluding hydrogens is 176 g/mol. The van der Waals surface area contributed by atoms with E-state index < -0.39 is 0 Å². The highest BCUT2D eigenvalue weighted by molar-refractivity contribution is 4.67. The Morgan fingerprint density at radius 1 is 1.14 bits per heavy atom. The van der Waals surface area contributed by atoms with Gasteiger partial charge in [-0.2, -0.15) is 0 Å². The van der Waals surface area contributed by atoms with E-state index in [1.165, 1.54) is 0 Å². The van der Waals surface area contributed by atoms with E-state index in [-0.39, 0.29) is 6.10 Å². The third-order valence-electron chi connectivity index (χ3n) is 2.31. The van der Waals surface area contributed by atoms with Crippen LogP contribution in [0.4, 0.5) is 0 Å². The Morgan fingerprint density at radius 3 is 2.14 bits per heavy atom. The van der Waals surface area contributed by atoms with Crippen LogP contribution in [0.1, 0.15) is 27.7 Å². The number of aliphatic hydroxyl groups is 1. The van der Waals surface area contributed by atoms with E-state index in [1.807, 2.05) is 7.05 Å². The first-order valence-corrected chi connectivity index (χ1v) is 5.52. The van der Waals surface area contributed by atoms with Gasteiger partial charge in [-0.05, 0) is 33.4 Å². The van der Waals surface area contributed by atoms with E-state index >= 15 is 0 Å². The molecule has 1 atom stereocenters. The second-order valence-electron chi connectivity index (χ2n) is 4.74. The summed E-state index contributed by atoms with van der Waals surface area (Å²) in [5.41, 5.74) is 0. The van der Waals surface area contributed by atoms with Crippen molar-refractivity contribution in [3.8, 4) is 0 Å². The molecule has 0 aromatic rings. The lowest BCUT2D eigenvalue weighted by atomic mass is 10.2. The first-order valence-electron chi connectivity index (χ1n) is 5.52. The van der Waals surface area contributed by atoms with Crippen LogP contribution < -0.4 is 5.32 Å². The summed E-state index contributed by atoms with van der Waals surface area (Å²) in [5, 5.41) is 12.9. The Labute approximate surface area is 88.5 Å². The van der Waals surface area contributed by atoms with Gasteiger partial charge in [-0.3, -0.25) is 0 Å². The Balaban J connectivity index is 3.50. The molecule has 0 saturated heterocycles. The summed E-state index contributed by atoms with van der Waals surface area (Å²) in [6.07, 6.45) is -0.263. The highest BCUT2D eigenvalue weighted by Gasteiger charge is 2.09. The molecular formula is C11H26N2O. The lowest BCUT2D eigenvalue weighted by Crippen LogP contribution is -2.40. The smallest absolute Gasteiger partial charge is 0.0791 e. The first-order chi connectivity index (χ1) is 6.43. The van der Waals surface area contributed by atoms with E-state index in [0.29, 0.717) is 18.5 Å². The van der Waals surface area contributed by atoms with Gasteiger partial charge < -0.3 is 15.3 Å². The zero-order chi connectivity index (χ0) is 11.1. The van der Waals surface area contributed by atoms with Crippen LogP contribution in [0.2, 0.25) is 0 Å². The van der Waals surface area contributed by atoms with Crippen LogP contribution in [0.25, 0.3) is 0 Å². The highest BCUT2D eigenvalue weighted by atomic mass is 16.3. The van der Waals surface area contributed by atoms with Crippen LogP contribution in [-0.4, -0.2) is 48.8 Å². The summed E-state index contributed by atoms with van der Waals surface area (Å²) in [7, 11) is 2.04. The van der Waals surface area contributed by atoms with Crippen molar-refractivity contribution in [2.45, 2.75) is 39.8 Å². The van der Waals surface area contributed by atoms with Gasteiger partial charge >= 0.3 is 0 Å². The van der Waals surface area contributed by atoms with Crippen molar-refractivity contribution in [1.29, 1.82) is 0 Å². The lowest BCUT2D eigenvalue weighted by molar-refractivity contribution is 0.110. The molecule has 0 heterocycles. The first kappa shape index (κ1) is 13.9. The fourth-order valence-electron chi connectivity index (χ4n) is 1.15. The third-order valence-corrected chi connectivity index (χ3v) is 2.31. The van der Waals surface area contributed by atoms with E-state index in [1.54, 1.807) is 0 Å². The van der Waals surface area contributed by atoms with Crippen LogP contribution in [0.5, 0.6) is 0 Å². The van der Waals surface area contributed by atoms with Crippen molar-refractivity contribution < 1.29 is 5.11 Å². The van der Waals surface area contributed by atoms with Gasteiger partial charge in [-0.15, -0.1) is 0 Å². The molecule has 0 rings (SSSR count). The lowest BCUT2D eigenvalue weighted by Gasteiger charge is -2.24. The van der Waals surface area contributed by atoms with Crippen molar-refractivity contribution in [2.24, 2.45) is 5.92 Å². The largest absolute Gasteiger partial charge is 0.390 e. The molecule has 0 spiro atoms. The minimum absolute atomic E-state index is 0.263. The molecule has 0 aliphatic carbocycles. The second-order valence-corrected chi connectivity index (χ2v) is 4.74. The average Bonchev–Trinajstić information content (AvgIpc) is 2.02. The maximum Gasteiger partial charge on any atom is 0.0791 e. The van der Waals surface area contributed by atoms with Crippen LogP contribution in [0, 0.1) is 5.92 Å². The number of hydrogen-bond donors (Lipinski definition) is 2. The van der Waals surface area contributed by atoms with Gasteiger partial charge in [0.05, 0.1) is 6.10 Å². The van der Waals surface area contributed by atoms with Crippen LogP contribution in [0.15, 0.2) is 0 Å². The van der Waals surface area contributed by atoms with Gasteiger partial charge in [0.25, 0.3) is 0 Å². The zero-order valence-electron chi connectivity index (χ0n) is 10.2. The monoisotopic (exact) mass is 202 g/mol. The van der Waals surface area contributed by atoms with E-state index in [9.17, 15) is 5.11 Å². The van der Waals surface area contributed by atoms with E-state index in [2.05, 4.69) is 37.9 Å². The number of aliphatic hydroxyl groups excluding tert-OH is 1. The van der Waals surface area contributed by atoms with E-state index in [0.717, 1.165) is 13.1 Å². The molecule has 3 heteroatoms. The predicted molar refractivity (Wildman–Crippen MR) is 61.5 cm³/mol. The van der Waals surface area contributed by atoms with Crippen LogP contribution in [0.3, 0.4) is 0 Å². The number of nitrogens with one attached hydrogen (secondary N) is 1. The minimum atomic E-state index is -0.263. The molecule has 0 aliphatic rings. The maximum atomic E-state index is 9.68. The van der Waals surface area contributed by atoms with Gasteiger partial charge in [0.1, 0.15) is 0 Å². The Bertz CT molecular complexity index is 137. The average molecular weight is 202 g/mol. The van der Waals surface area contributed by atoms with Crippen LogP contribution in [-0.2, 0) is 0 Å². The summed E-state index contributed by atoms with van der Waals surface area (Å²) in [6.45, 7) is 11.0. The molecule has 0 aromatic heterocycles. The Kier molecular flexibility index (Phi) is 7.15. The molecule has 2 N–H and O–H groups in total. The number of rotatable bonds is 7. The quantitative estimate of drug-likeness (QED) is 0.645. The van der Waals surface area contributed by atoms with Crippen LogP contribution >= 0.6 is 0 Å². The number of likely N-dealkylation sites (N-methyl/N-ethyl adjacent to an activating group) is 1. The normalized spacial score (nSPS) is 14.4. The SMILES string of the molecule is CC(C)CNCC(O)CN(C)C(C)C. The molecule has 0 radical (unpaired) electrons. The summed E-state index contributed by atoms with van der Waals surface area (Å²) in [6, 6.07) is 0.495. The molecule has 1 unspecified atom stereocenters. The Hall–Kier alpha value is -0.120. The topological polar surface area (TPSA) is 35.5 Å². The standard InChI is InChI=1S/C11H26N2O/c1-9(2)6-12-7-11(14)8-13(5)10(3)4/h9-12,14H,6-8H2,1-5H3. The van der Waals surface area contributed by atoms with Crippen molar-refractivity contribution in [3.05, 3.63) is 0 Å². The van der Waals surface area contributed by atoms with Crippen molar-refractivity contribution in [1.82, 2.24) is 10.2 Å². The predicted octanol–water partition coefficient (Wildman–Crippen LogP) is 0.933. The molecule has 0 aliphatic heterocycles. The fourth-order valence-corrected chi connectivity index (χ4v) is 1.15. The maximum absolute atomic E-state index is 9.68. The summed E-state index contributed by atoms with van der Waals surface area (Å²) < 4.78 is 0. The summed E-state index contributed by atoms with van der Waals surface area (Å²) in [5.74, 6) is 0.644. The van der Waals surface area contributed by atoms with Gasteiger partial charge in [-0.25, -0.2) is 0 Å². The molecule has 86 valence electrons. The molecule has 3 nitrogen and oxygen atoms in total. The molecule has 0 aromatic carbocycles. The molecule has 0 saturated carbocycles. The second kappa shape index (κ2) is 7.21. The molecule has 0 bridgehead atoms. The molecule has 0 fully saturated rings.